The van der Waals surface area contributed by atoms with Crippen LogP contribution in [0.4, 0.5) is 0 Å². The summed E-state index contributed by atoms with van der Waals surface area (Å²) in [5, 5.41) is -1.04. The standard InChI is InChI=1S/C18H23NO5S2/c1-19(2)11-12-24-15-9-6-10-16-18(15)17(13-25(16,20)21)26(22,23)14-7-4-3-5-8-14/h3-10,17,20-21H,11-13H2,1-2H3. The lowest BCUT2D eigenvalue weighted by atomic mass is 10.1. The molecular formula is C18H23NO5S2. The van der Waals surface area contributed by atoms with Crippen LogP contribution >= 0.6 is 10.6 Å². The first kappa shape index (κ1) is 19.2. The van der Waals surface area contributed by atoms with Crippen molar-refractivity contribution in [2.24, 2.45) is 0 Å². The summed E-state index contributed by atoms with van der Waals surface area (Å²) in [7, 11) is -3.13. The minimum atomic E-state index is -3.78. The molecule has 2 aromatic rings. The summed E-state index contributed by atoms with van der Waals surface area (Å²) in [6.45, 7) is 1.04. The predicted octanol–water partition coefficient (Wildman–Crippen LogP) is 3.27. The van der Waals surface area contributed by atoms with Crippen molar-refractivity contribution in [3.8, 4) is 5.75 Å². The number of sulfone groups is 1. The van der Waals surface area contributed by atoms with Gasteiger partial charge in [0.15, 0.2) is 9.84 Å². The first-order valence-corrected chi connectivity index (χ1v) is 11.4. The lowest BCUT2D eigenvalue weighted by Crippen LogP contribution is -2.20. The molecule has 0 bridgehead atoms. The van der Waals surface area contributed by atoms with E-state index in [1.54, 1.807) is 36.4 Å². The average molecular weight is 398 g/mol. The van der Waals surface area contributed by atoms with Crippen molar-refractivity contribution in [3.63, 3.8) is 0 Å². The highest BCUT2D eigenvalue weighted by Crippen LogP contribution is 2.63. The Morgan fingerprint density at radius 2 is 1.81 bits per heavy atom. The molecule has 1 aliphatic rings. The average Bonchev–Trinajstić information content (AvgIpc) is 2.88. The zero-order valence-corrected chi connectivity index (χ0v) is 16.3. The van der Waals surface area contributed by atoms with Crippen LogP contribution in [0.1, 0.15) is 10.8 Å². The zero-order chi connectivity index (χ0) is 18.9. The molecule has 1 unspecified atom stereocenters. The van der Waals surface area contributed by atoms with Crippen molar-refractivity contribution in [2.75, 3.05) is 33.0 Å². The molecule has 3 rings (SSSR count). The van der Waals surface area contributed by atoms with Gasteiger partial charge >= 0.3 is 0 Å². The lowest BCUT2D eigenvalue weighted by Gasteiger charge is -2.27. The molecule has 0 fully saturated rings. The number of ether oxygens (including phenoxy) is 1. The van der Waals surface area contributed by atoms with Crippen LogP contribution in [0, 0.1) is 0 Å². The van der Waals surface area contributed by atoms with Crippen LogP contribution in [0.5, 0.6) is 5.75 Å². The molecular weight excluding hydrogens is 374 g/mol. The minimum Gasteiger partial charge on any atom is -0.492 e. The van der Waals surface area contributed by atoms with E-state index in [0.29, 0.717) is 24.5 Å². The molecule has 142 valence electrons. The topological polar surface area (TPSA) is 87.1 Å². The maximum atomic E-state index is 13.1. The zero-order valence-electron chi connectivity index (χ0n) is 14.7. The number of hydrogen-bond donors (Lipinski definition) is 2. The molecule has 0 saturated heterocycles. The second-order valence-corrected chi connectivity index (χ2v) is 10.7. The van der Waals surface area contributed by atoms with Gasteiger partial charge in [-0.3, -0.25) is 9.11 Å². The Hall–Kier alpha value is -1.58. The monoisotopic (exact) mass is 397 g/mol. The third-order valence-electron chi connectivity index (χ3n) is 4.33. The Bertz CT molecular complexity index is 882. The van der Waals surface area contributed by atoms with E-state index < -0.39 is 25.7 Å². The van der Waals surface area contributed by atoms with Crippen LogP contribution in [-0.4, -0.2) is 55.4 Å². The molecule has 1 heterocycles. The number of nitrogens with zero attached hydrogens (tertiary/aromatic N) is 1. The molecule has 6 nitrogen and oxygen atoms in total. The second-order valence-electron chi connectivity index (χ2n) is 6.50. The normalized spacial score (nSPS) is 20.0. The van der Waals surface area contributed by atoms with Crippen molar-refractivity contribution >= 4 is 20.4 Å². The third kappa shape index (κ3) is 3.60. The lowest BCUT2D eigenvalue weighted by molar-refractivity contribution is 0.259. The van der Waals surface area contributed by atoms with Crippen molar-refractivity contribution in [1.29, 1.82) is 0 Å². The molecule has 1 aliphatic heterocycles. The highest BCUT2D eigenvalue weighted by Gasteiger charge is 2.45. The van der Waals surface area contributed by atoms with Gasteiger partial charge < -0.3 is 9.64 Å². The van der Waals surface area contributed by atoms with E-state index >= 15 is 0 Å². The maximum Gasteiger partial charge on any atom is 0.187 e. The summed E-state index contributed by atoms with van der Waals surface area (Å²) in [5.74, 6) is 0.152. The maximum absolute atomic E-state index is 13.1. The Kier molecular flexibility index (Phi) is 5.32. The van der Waals surface area contributed by atoms with E-state index in [0.717, 1.165) is 0 Å². The predicted molar refractivity (Wildman–Crippen MR) is 103 cm³/mol. The number of likely N-dealkylation sites (N-methyl/N-ethyl adjacent to an activating group) is 1. The van der Waals surface area contributed by atoms with Crippen LogP contribution < -0.4 is 4.74 Å². The smallest absolute Gasteiger partial charge is 0.187 e. The fraction of sp³-hybridized carbons (Fsp3) is 0.333. The van der Waals surface area contributed by atoms with E-state index in [2.05, 4.69) is 0 Å². The molecule has 0 spiro atoms. The fourth-order valence-corrected chi connectivity index (χ4v) is 7.43. The van der Waals surface area contributed by atoms with Crippen LogP contribution in [0.2, 0.25) is 0 Å². The quantitative estimate of drug-likeness (QED) is 0.778. The van der Waals surface area contributed by atoms with Gasteiger partial charge in [-0.2, -0.15) is 10.6 Å². The highest BCUT2D eigenvalue weighted by molar-refractivity contribution is 8.25. The fourth-order valence-electron chi connectivity index (χ4n) is 2.99. The summed E-state index contributed by atoms with van der Waals surface area (Å²) < 4.78 is 53.0. The Labute approximate surface area is 155 Å². The number of rotatable bonds is 6. The van der Waals surface area contributed by atoms with Gasteiger partial charge in [0.25, 0.3) is 0 Å². The molecule has 0 aliphatic carbocycles. The van der Waals surface area contributed by atoms with Crippen LogP contribution in [-0.2, 0) is 9.84 Å². The van der Waals surface area contributed by atoms with Crippen LogP contribution in [0.25, 0.3) is 0 Å². The van der Waals surface area contributed by atoms with Gasteiger partial charge in [0, 0.05) is 12.1 Å². The van der Waals surface area contributed by atoms with E-state index in [9.17, 15) is 17.5 Å². The van der Waals surface area contributed by atoms with Gasteiger partial charge in [0.05, 0.1) is 15.5 Å². The number of benzene rings is 2. The van der Waals surface area contributed by atoms with Gasteiger partial charge in [-0.15, -0.1) is 0 Å². The molecule has 0 aromatic heterocycles. The first-order chi connectivity index (χ1) is 12.2. The molecule has 0 radical (unpaired) electrons. The van der Waals surface area contributed by atoms with Crippen molar-refractivity contribution in [3.05, 3.63) is 54.1 Å². The van der Waals surface area contributed by atoms with E-state index in [-0.39, 0.29) is 15.5 Å². The molecule has 2 aromatic carbocycles. The molecule has 8 heteroatoms. The van der Waals surface area contributed by atoms with Gasteiger partial charge in [0.1, 0.15) is 17.6 Å². The van der Waals surface area contributed by atoms with Crippen molar-refractivity contribution in [2.45, 2.75) is 15.0 Å². The van der Waals surface area contributed by atoms with Gasteiger partial charge in [-0.25, -0.2) is 8.42 Å². The molecule has 0 amide bonds. The summed E-state index contributed by atoms with van der Waals surface area (Å²) in [6, 6.07) is 13.0. The minimum absolute atomic E-state index is 0.163. The van der Waals surface area contributed by atoms with Gasteiger partial charge in [0.2, 0.25) is 0 Å². The van der Waals surface area contributed by atoms with Crippen LogP contribution in [0.15, 0.2) is 58.3 Å². The Morgan fingerprint density at radius 1 is 1.12 bits per heavy atom. The number of hydrogen-bond acceptors (Lipinski definition) is 6. The van der Waals surface area contributed by atoms with E-state index in [1.165, 1.54) is 12.1 Å². The first-order valence-electron chi connectivity index (χ1n) is 8.19. The largest absolute Gasteiger partial charge is 0.492 e. The van der Waals surface area contributed by atoms with Gasteiger partial charge in [-0.05, 0) is 38.4 Å². The second kappa shape index (κ2) is 7.21. The third-order valence-corrected chi connectivity index (χ3v) is 8.48. The molecule has 1 atom stereocenters. The molecule has 0 saturated carbocycles. The Balaban J connectivity index is 2.04. The summed E-state index contributed by atoms with van der Waals surface area (Å²) >= 11 is 0. The molecule has 26 heavy (non-hydrogen) atoms. The summed E-state index contributed by atoms with van der Waals surface area (Å²) in [6.07, 6.45) is 0. The Morgan fingerprint density at radius 3 is 2.46 bits per heavy atom. The van der Waals surface area contributed by atoms with Crippen molar-refractivity contribution in [1.82, 2.24) is 4.90 Å². The number of fused-ring (bicyclic) bond motifs is 1. The summed E-state index contributed by atoms with van der Waals surface area (Å²) in [5.41, 5.74) is 0.370. The summed E-state index contributed by atoms with van der Waals surface area (Å²) in [4.78, 5) is 2.38. The van der Waals surface area contributed by atoms with E-state index in [4.69, 9.17) is 4.74 Å². The van der Waals surface area contributed by atoms with E-state index in [1.807, 2.05) is 19.0 Å². The highest BCUT2D eigenvalue weighted by atomic mass is 32.3. The molecule has 2 N–H and O–H groups in total. The van der Waals surface area contributed by atoms with Crippen molar-refractivity contribution < 1.29 is 22.3 Å². The van der Waals surface area contributed by atoms with Gasteiger partial charge in [-0.1, -0.05) is 24.3 Å². The van der Waals surface area contributed by atoms with Crippen LogP contribution in [0.3, 0.4) is 0 Å². The SMILES string of the molecule is CN(C)CCOc1cccc2c1C(S(=O)(=O)c1ccccc1)CS2(O)O.